The molecule has 2 N–H and O–H groups in total. The first-order valence-electron chi connectivity index (χ1n) is 6.67. The van der Waals surface area contributed by atoms with Gasteiger partial charge in [-0.15, -0.1) is 0 Å². The van der Waals surface area contributed by atoms with Gasteiger partial charge in [0.1, 0.15) is 23.5 Å². The zero-order valence-corrected chi connectivity index (χ0v) is 11.9. The van der Waals surface area contributed by atoms with E-state index in [0.29, 0.717) is 17.9 Å². The molecule has 0 saturated carbocycles. The molecular weight excluding hydrogens is 286 g/mol. The number of rotatable bonds is 6. The van der Waals surface area contributed by atoms with Gasteiger partial charge >= 0.3 is 0 Å². The van der Waals surface area contributed by atoms with Gasteiger partial charge < -0.3 is 14.8 Å². The van der Waals surface area contributed by atoms with Crippen molar-refractivity contribution in [3.05, 3.63) is 58.0 Å². The van der Waals surface area contributed by atoms with Gasteiger partial charge in [0.05, 0.1) is 11.2 Å². The summed E-state index contributed by atoms with van der Waals surface area (Å²) in [4.78, 5) is 10.2. The third-order valence-corrected chi connectivity index (χ3v) is 3.18. The number of hydrogen-bond acceptors (Lipinski definition) is 6. The highest BCUT2D eigenvalue weighted by atomic mass is 16.6. The third-order valence-electron chi connectivity index (χ3n) is 3.18. The number of aliphatic hydroxyl groups is 1. The van der Waals surface area contributed by atoms with Crippen molar-refractivity contribution >= 4 is 11.4 Å². The van der Waals surface area contributed by atoms with Gasteiger partial charge in [-0.2, -0.15) is 5.26 Å². The summed E-state index contributed by atoms with van der Waals surface area (Å²) in [7, 11) is 0. The van der Waals surface area contributed by atoms with Gasteiger partial charge in [0, 0.05) is 24.2 Å². The monoisotopic (exact) mass is 301 g/mol. The Morgan fingerprint density at radius 2 is 2.27 bits per heavy atom. The summed E-state index contributed by atoms with van der Waals surface area (Å²) in [6.45, 7) is 1.86. The minimum atomic E-state index is -0.744. The number of aliphatic hydroxyl groups excluding tert-OH is 1. The number of nitrogens with zero attached hydrogens (tertiary/aromatic N) is 2. The van der Waals surface area contributed by atoms with Crippen LogP contribution in [0.1, 0.15) is 30.8 Å². The average Bonchev–Trinajstić information content (AvgIpc) is 3.00. The molecule has 0 radical (unpaired) electrons. The van der Waals surface area contributed by atoms with E-state index < -0.39 is 11.0 Å². The molecular formula is C15H15N3O4. The molecule has 0 aliphatic carbocycles. The Hall–Kier alpha value is -2.85. The predicted molar refractivity (Wildman–Crippen MR) is 79.2 cm³/mol. The summed E-state index contributed by atoms with van der Waals surface area (Å²) in [6.07, 6.45) is 1.14. The number of nitro groups is 1. The Morgan fingerprint density at radius 3 is 2.86 bits per heavy atom. The van der Waals surface area contributed by atoms with Gasteiger partial charge in [0.25, 0.3) is 5.69 Å². The summed E-state index contributed by atoms with van der Waals surface area (Å²) in [6, 6.07) is 9.33. The molecule has 0 saturated heterocycles. The van der Waals surface area contributed by atoms with Crippen LogP contribution in [-0.2, 0) is 0 Å². The molecule has 0 aliphatic heterocycles. The van der Waals surface area contributed by atoms with Gasteiger partial charge in [-0.3, -0.25) is 10.1 Å². The molecule has 1 heterocycles. The maximum atomic E-state index is 10.8. The topological polar surface area (TPSA) is 112 Å². The first kappa shape index (κ1) is 15.5. The second kappa shape index (κ2) is 6.74. The molecule has 0 amide bonds. The van der Waals surface area contributed by atoms with E-state index >= 15 is 0 Å². The second-order valence-corrected chi connectivity index (χ2v) is 4.91. The van der Waals surface area contributed by atoms with E-state index in [-0.39, 0.29) is 17.3 Å². The number of hydrogen-bond donors (Lipinski definition) is 2. The van der Waals surface area contributed by atoms with Crippen molar-refractivity contribution in [2.45, 2.75) is 25.5 Å². The lowest BCUT2D eigenvalue weighted by Gasteiger charge is -2.18. The standard InChI is InChI=1S/C15H15N3O4/c1-10(7-14(19)15-3-2-6-22-15)17-12-4-5-13(18(20)21)11(8-12)9-16/h2-6,8,10,14,17,19H,7H2,1H3/t10-,14+/m1/s1. The number of furan rings is 1. The highest BCUT2D eigenvalue weighted by Gasteiger charge is 2.17. The SMILES string of the molecule is C[C@H](C[C@H](O)c1ccco1)Nc1ccc([N+](=O)[O-])c(C#N)c1. The zero-order chi connectivity index (χ0) is 16.1. The minimum absolute atomic E-state index is 0.00576. The van der Waals surface area contributed by atoms with E-state index in [2.05, 4.69) is 5.32 Å². The van der Waals surface area contributed by atoms with Crippen LogP contribution in [0, 0.1) is 21.4 Å². The number of nitro benzene ring substituents is 1. The van der Waals surface area contributed by atoms with Crippen molar-refractivity contribution < 1.29 is 14.4 Å². The van der Waals surface area contributed by atoms with E-state index in [0.717, 1.165) is 0 Å². The molecule has 0 spiro atoms. The molecule has 2 rings (SSSR count). The molecule has 22 heavy (non-hydrogen) atoms. The smallest absolute Gasteiger partial charge is 0.287 e. The van der Waals surface area contributed by atoms with Crippen LogP contribution in [0.3, 0.4) is 0 Å². The first-order valence-corrected chi connectivity index (χ1v) is 6.67. The van der Waals surface area contributed by atoms with Crippen molar-refractivity contribution in [2.24, 2.45) is 0 Å². The highest BCUT2D eigenvalue weighted by Crippen LogP contribution is 2.24. The maximum Gasteiger partial charge on any atom is 0.287 e. The molecule has 2 aromatic rings. The van der Waals surface area contributed by atoms with Crippen molar-refractivity contribution in [1.82, 2.24) is 0 Å². The highest BCUT2D eigenvalue weighted by molar-refractivity contribution is 5.58. The molecule has 2 atom stereocenters. The Morgan fingerprint density at radius 1 is 1.50 bits per heavy atom. The number of anilines is 1. The molecule has 0 aliphatic rings. The number of nitriles is 1. The first-order chi connectivity index (χ1) is 10.5. The number of benzene rings is 1. The van der Waals surface area contributed by atoms with Crippen LogP contribution in [0.15, 0.2) is 41.0 Å². The second-order valence-electron chi connectivity index (χ2n) is 4.91. The summed E-state index contributed by atoms with van der Waals surface area (Å²) < 4.78 is 5.13. The minimum Gasteiger partial charge on any atom is -0.467 e. The van der Waals surface area contributed by atoms with Crippen molar-refractivity contribution in [1.29, 1.82) is 5.26 Å². The lowest BCUT2D eigenvalue weighted by atomic mass is 10.1. The summed E-state index contributed by atoms with van der Waals surface area (Å²) in [5.74, 6) is 0.482. The summed E-state index contributed by atoms with van der Waals surface area (Å²) in [5, 5.41) is 32.8. The van der Waals surface area contributed by atoms with Crippen molar-refractivity contribution in [3.8, 4) is 6.07 Å². The van der Waals surface area contributed by atoms with E-state index in [1.54, 1.807) is 12.1 Å². The lowest BCUT2D eigenvalue weighted by molar-refractivity contribution is -0.385. The largest absolute Gasteiger partial charge is 0.467 e. The molecule has 0 fully saturated rings. The van der Waals surface area contributed by atoms with E-state index in [9.17, 15) is 15.2 Å². The zero-order valence-electron chi connectivity index (χ0n) is 11.9. The van der Waals surface area contributed by atoms with Crippen molar-refractivity contribution in [2.75, 3.05) is 5.32 Å². The quantitative estimate of drug-likeness (QED) is 0.626. The van der Waals surface area contributed by atoms with Crippen molar-refractivity contribution in [3.63, 3.8) is 0 Å². The van der Waals surface area contributed by atoms with Crippen LogP contribution in [-0.4, -0.2) is 16.1 Å². The van der Waals surface area contributed by atoms with Gasteiger partial charge in [0.2, 0.25) is 0 Å². The van der Waals surface area contributed by atoms with Crippen LogP contribution in [0.5, 0.6) is 0 Å². The van der Waals surface area contributed by atoms with Gasteiger partial charge in [-0.05, 0) is 31.2 Å². The Kier molecular flexibility index (Phi) is 4.76. The fourth-order valence-corrected chi connectivity index (χ4v) is 2.15. The molecule has 7 nitrogen and oxygen atoms in total. The average molecular weight is 301 g/mol. The van der Waals surface area contributed by atoms with Gasteiger partial charge in [-0.25, -0.2) is 0 Å². The van der Waals surface area contributed by atoms with Crippen LogP contribution in [0.2, 0.25) is 0 Å². The predicted octanol–water partition coefficient (Wildman–Crippen LogP) is 2.98. The molecule has 1 aromatic carbocycles. The normalized spacial score (nSPS) is 13.1. The van der Waals surface area contributed by atoms with E-state index in [4.69, 9.17) is 9.68 Å². The molecule has 1 aromatic heterocycles. The Balaban J connectivity index is 2.04. The van der Waals surface area contributed by atoms with Gasteiger partial charge in [0.15, 0.2) is 0 Å². The molecule has 0 unspecified atom stereocenters. The Bertz CT molecular complexity index is 691. The van der Waals surface area contributed by atoms with Gasteiger partial charge in [-0.1, -0.05) is 0 Å². The molecule has 0 bridgehead atoms. The Labute approximate surface area is 126 Å². The van der Waals surface area contributed by atoms with Crippen LogP contribution >= 0.6 is 0 Å². The molecule has 114 valence electrons. The lowest BCUT2D eigenvalue weighted by Crippen LogP contribution is -2.18. The molecule has 7 heteroatoms. The van der Waals surface area contributed by atoms with E-state index in [1.807, 2.05) is 13.0 Å². The fraction of sp³-hybridized carbons (Fsp3) is 0.267. The van der Waals surface area contributed by atoms with Crippen LogP contribution < -0.4 is 5.32 Å². The third kappa shape index (κ3) is 3.62. The maximum absolute atomic E-state index is 10.8. The summed E-state index contributed by atoms with van der Waals surface area (Å²) >= 11 is 0. The van der Waals surface area contributed by atoms with E-state index in [1.165, 1.54) is 24.5 Å². The fourth-order valence-electron chi connectivity index (χ4n) is 2.15. The van der Waals surface area contributed by atoms with Crippen LogP contribution in [0.25, 0.3) is 0 Å². The number of nitrogens with one attached hydrogen (secondary N) is 1. The summed E-state index contributed by atoms with van der Waals surface area (Å²) in [5.41, 5.74) is 0.353. The van der Waals surface area contributed by atoms with Crippen LogP contribution in [0.4, 0.5) is 11.4 Å².